The van der Waals surface area contributed by atoms with Crippen LogP contribution in [-0.4, -0.2) is 12.6 Å². The van der Waals surface area contributed by atoms with Crippen molar-refractivity contribution in [2.45, 2.75) is 31.8 Å². The van der Waals surface area contributed by atoms with Gasteiger partial charge in [0.1, 0.15) is 12.4 Å². The summed E-state index contributed by atoms with van der Waals surface area (Å²) in [4.78, 5) is 0. The van der Waals surface area contributed by atoms with Crippen molar-refractivity contribution in [2.24, 2.45) is 0 Å². The zero-order chi connectivity index (χ0) is 11.4. The lowest BCUT2D eigenvalue weighted by Gasteiger charge is -2.18. The van der Waals surface area contributed by atoms with Crippen molar-refractivity contribution in [2.75, 3.05) is 6.61 Å². The Morgan fingerprint density at radius 2 is 2.38 bits per heavy atom. The molecule has 0 bridgehead atoms. The van der Waals surface area contributed by atoms with Crippen LogP contribution in [-0.2, 0) is 0 Å². The van der Waals surface area contributed by atoms with Crippen molar-refractivity contribution in [3.63, 3.8) is 0 Å². The average molecular weight is 217 g/mol. The van der Waals surface area contributed by atoms with Crippen LogP contribution in [0.25, 0.3) is 0 Å². The third-order valence-corrected chi connectivity index (χ3v) is 2.99. The Bertz CT molecular complexity index is 362. The number of ether oxygens (including phenoxy) is 1. The van der Waals surface area contributed by atoms with Crippen molar-refractivity contribution in [3.8, 4) is 5.75 Å². The Labute approximate surface area is 97.3 Å². The molecule has 2 nitrogen and oxygen atoms in total. The summed E-state index contributed by atoms with van der Waals surface area (Å²) in [5.41, 5.74) is 1.29. The number of hydrogen-bond donors (Lipinski definition) is 1. The molecule has 0 radical (unpaired) electrons. The topological polar surface area (TPSA) is 21.3 Å². The van der Waals surface area contributed by atoms with Crippen molar-refractivity contribution >= 4 is 0 Å². The first-order valence-corrected chi connectivity index (χ1v) is 5.90. The number of para-hydroxylation sites is 1. The molecular formula is C14H19NO. The van der Waals surface area contributed by atoms with Gasteiger partial charge in [0.15, 0.2) is 0 Å². The maximum Gasteiger partial charge on any atom is 0.124 e. The van der Waals surface area contributed by atoms with Gasteiger partial charge >= 0.3 is 0 Å². The second-order valence-corrected chi connectivity index (χ2v) is 4.34. The normalized spacial score (nSPS) is 19.9. The molecule has 1 aromatic rings. The Morgan fingerprint density at radius 1 is 1.56 bits per heavy atom. The van der Waals surface area contributed by atoms with Gasteiger partial charge in [-0.1, -0.05) is 24.3 Å². The maximum atomic E-state index is 5.63. The molecule has 1 aromatic carbocycles. The molecule has 2 rings (SSSR count). The molecule has 0 spiro atoms. The summed E-state index contributed by atoms with van der Waals surface area (Å²) in [7, 11) is 0. The molecule has 0 amide bonds. The highest BCUT2D eigenvalue weighted by Crippen LogP contribution is 2.32. The predicted molar refractivity (Wildman–Crippen MR) is 66.7 cm³/mol. The van der Waals surface area contributed by atoms with E-state index >= 15 is 0 Å². The smallest absolute Gasteiger partial charge is 0.124 e. The van der Waals surface area contributed by atoms with Crippen LogP contribution in [0.5, 0.6) is 5.75 Å². The molecule has 2 unspecified atom stereocenters. The molecule has 0 aliphatic carbocycles. The molecule has 1 aliphatic rings. The lowest BCUT2D eigenvalue weighted by atomic mass is 10.1. The monoisotopic (exact) mass is 217 g/mol. The summed E-state index contributed by atoms with van der Waals surface area (Å²) in [6.45, 7) is 6.71. The van der Waals surface area contributed by atoms with E-state index in [4.69, 9.17) is 4.74 Å². The molecule has 1 N–H and O–H groups in total. The molecule has 2 atom stereocenters. The van der Waals surface area contributed by atoms with E-state index in [1.165, 1.54) is 5.56 Å². The van der Waals surface area contributed by atoms with Crippen LogP contribution in [0.1, 0.15) is 31.4 Å². The van der Waals surface area contributed by atoms with Gasteiger partial charge in [0.2, 0.25) is 0 Å². The van der Waals surface area contributed by atoms with E-state index in [0.717, 1.165) is 25.2 Å². The van der Waals surface area contributed by atoms with Gasteiger partial charge in [-0.3, -0.25) is 0 Å². The molecule has 0 saturated carbocycles. The van der Waals surface area contributed by atoms with Crippen LogP contribution in [0.3, 0.4) is 0 Å². The molecule has 16 heavy (non-hydrogen) atoms. The third kappa shape index (κ3) is 2.45. The van der Waals surface area contributed by atoms with Crippen molar-refractivity contribution in [3.05, 3.63) is 42.5 Å². The van der Waals surface area contributed by atoms with E-state index in [-0.39, 0.29) is 0 Å². The highest BCUT2D eigenvalue weighted by atomic mass is 16.5. The number of rotatable bonds is 5. The molecule has 1 heterocycles. The number of hydrogen-bond acceptors (Lipinski definition) is 2. The van der Waals surface area contributed by atoms with Gasteiger partial charge in [-0.25, -0.2) is 0 Å². The fraction of sp³-hybridized carbons (Fsp3) is 0.429. The van der Waals surface area contributed by atoms with E-state index in [0.29, 0.717) is 12.1 Å². The number of fused-ring (bicyclic) bond motifs is 1. The Kier molecular flexibility index (Phi) is 3.62. The summed E-state index contributed by atoms with van der Waals surface area (Å²) in [6, 6.07) is 9.10. The van der Waals surface area contributed by atoms with E-state index in [1.807, 2.05) is 18.2 Å². The van der Waals surface area contributed by atoms with Gasteiger partial charge in [0.05, 0.1) is 6.04 Å². The highest BCUT2D eigenvalue weighted by Gasteiger charge is 2.24. The van der Waals surface area contributed by atoms with Gasteiger partial charge in [0, 0.05) is 11.6 Å². The van der Waals surface area contributed by atoms with Crippen molar-refractivity contribution in [1.29, 1.82) is 0 Å². The van der Waals surface area contributed by atoms with Crippen LogP contribution in [0.2, 0.25) is 0 Å². The summed E-state index contributed by atoms with van der Waals surface area (Å²) in [5.74, 6) is 1.02. The molecule has 2 heteroatoms. The summed E-state index contributed by atoms with van der Waals surface area (Å²) < 4.78 is 5.63. The molecule has 86 valence electrons. The second-order valence-electron chi connectivity index (χ2n) is 4.34. The zero-order valence-electron chi connectivity index (χ0n) is 9.78. The van der Waals surface area contributed by atoms with E-state index in [1.54, 1.807) is 0 Å². The summed E-state index contributed by atoms with van der Waals surface area (Å²) in [5, 5.41) is 3.60. The minimum Gasteiger partial charge on any atom is -0.491 e. The van der Waals surface area contributed by atoms with Crippen LogP contribution in [0.4, 0.5) is 0 Å². The van der Waals surface area contributed by atoms with Crippen molar-refractivity contribution < 1.29 is 4.74 Å². The van der Waals surface area contributed by atoms with Gasteiger partial charge in [-0.2, -0.15) is 0 Å². The fourth-order valence-electron chi connectivity index (χ4n) is 2.10. The van der Waals surface area contributed by atoms with Crippen LogP contribution in [0.15, 0.2) is 36.9 Å². The van der Waals surface area contributed by atoms with Crippen LogP contribution < -0.4 is 10.1 Å². The Hall–Kier alpha value is -1.28. The van der Waals surface area contributed by atoms with Gasteiger partial charge in [-0.15, -0.1) is 6.58 Å². The number of nitrogens with one attached hydrogen (secondary N) is 1. The Morgan fingerprint density at radius 3 is 3.19 bits per heavy atom. The zero-order valence-corrected chi connectivity index (χ0v) is 9.78. The first-order chi connectivity index (χ1) is 7.81. The largest absolute Gasteiger partial charge is 0.491 e. The molecule has 0 fully saturated rings. The predicted octanol–water partition coefficient (Wildman–Crippen LogP) is 3.06. The SMILES string of the molecule is C=CCCC(C)NC1COc2ccccc21. The van der Waals surface area contributed by atoms with Crippen molar-refractivity contribution in [1.82, 2.24) is 5.32 Å². The van der Waals surface area contributed by atoms with Gasteiger partial charge in [0.25, 0.3) is 0 Å². The molecular weight excluding hydrogens is 198 g/mol. The van der Waals surface area contributed by atoms with E-state index in [9.17, 15) is 0 Å². The fourth-order valence-corrected chi connectivity index (χ4v) is 2.10. The van der Waals surface area contributed by atoms with Crippen LogP contribution >= 0.6 is 0 Å². The number of allylic oxidation sites excluding steroid dienone is 1. The van der Waals surface area contributed by atoms with E-state index in [2.05, 4.69) is 31.0 Å². The number of benzene rings is 1. The second kappa shape index (κ2) is 5.17. The molecule has 0 aromatic heterocycles. The maximum absolute atomic E-state index is 5.63. The minimum absolute atomic E-state index is 0.344. The summed E-state index contributed by atoms with van der Waals surface area (Å²) in [6.07, 6.45) is 4.16. The Balaban J connectivity index is 1.95. The first kappa shape index (κ1) is 11.2. The first-order valence-electron chi connectivity index (χ1n) is 5.90. The summed E-state index contributed by atoms with van der Waals surface area (Å²) >= 11 is 0. The lowest BCUT2D eigenvalue weighted by molar-refractivity contribution is 0.297. The standard InChI is InChI=1S/C14H19NO/c1-3-4-7-11(2)15-13-10-16-14-9-6-5-8-12(13)14/h3,5-6,8-9,11,13,15H,1,4,7,10H2,2H3. The van der Waals surface area contributed by atoms with Gasteiger partial charge < -0.3 is 10.1 Å². The minimum atomic E-state index is 0.344. The quantitative estimate of drug-likeness (QED) is 0.765. The lowest BCUT2D eigenvalue weighted by Crippen LogP contribution is -2.31. The average Bonchev–Trinajstić information content (AvgIpc) is 2.70. The van der Waals surface area contributed by atoms with Gasteiger partial charge in [-0.05, 0) is 25.8 Å². The highest BCUT2D eigenvalue weighted by molar-refractivity contribution is 5.39. The molecule has 1 aliphatic heterocycles. The molecule has 0 saturated heterocycles. The van der Waals surface area contributed by atoms with E-state index < -0.39 is 0 Å². The third-order valence-electron chi connectivity index (χ3n) is 2.99. The van der Waals surface area contributed by atoms with Crippen LogP contribution in [0, 0.1) is 0 Å².